The summed E-state index contributed by atoms with van der Waals surface area (Å²) >= 11 is 0. The first-order valence-electron chi connectivity index (χ1n) is 7.04. The van der Waals surface area contributed by atoms with Gasteiger partial charge in [0.05, 0.1) is 24.7 Å². The van der Waals surface area contributed by atoms with Crippen LogP contribution in [0.5, 0.6) is 0 Å². The molecule has 0 saturated carbocycles. The maximum atomic E-state index is 12.0. The van der Waals surface area contributed by atoms with Crippen molar-refractivity contribution in [3.05, 3.63) is 35.4 Å². The summed E-state index contributed by atoms with van der Waals surface area (Å²) in [6.07, 6.45) is 1.60. The molecule has 0 radical (unpaired) electrons. The molecule has 3 heterocycles. The molecule has 0 saturated heterocycles. The zero-order valence-corrected chi connectivity index (χ0v) is 13.0. The first kappa shape index (κ1) is 14.2. The van der Waals surface area contributed by atoms with Gasteiger partial charge in [0.25, 0.3) is 0 Å². The number of fused-ring (bicyclic) bond motifs is 1. The van der Waals surface area contributed by atoms with Crippen molar-refractivity contribution in [1.82, 2.24) is 24.4 Å². The Kier molecular flexibility index (Phi) is 3.40. The van der Waals surface area contributed by atoms with E-state index in [0.717, 1.165) is 23.5 Å². The Morgan fingerprint density at radius 1 is 1.36 bits per heavy atom. The van der Waals surface area contributed by atoms with Crippen molar-refractivity contribution in [2.24, 2.45) is 0 Å². The lowest BCUT2D eigenvalue weighted by Gasteiger charge is -2.07. The van der Waals surface area contributed by atoms with E-state index in [4.69, 9.17) is 4.74 Å². The Labute approximate surface area is 127 Å². The van der Waals surface area contributed by atoms with Crippen molar-refractivity contribution in [2.75, 3.05) is 7.11 Å². The first-order chi connectivity index (χ1) is 10.6. The van der Waals surface area contributed by atoms with Crippen LogP contribution in [0.1, 0.15) is 28.8 Å². The van der Waals surface area contributed by atoms with Crippen molar-refractivity contribution in [3.63, 3.8) is 0 Å². The van der Waals surface area contributed by atoms with Crippen molar-refractivity contribution in [1.29, 1.82) is 0 Å². The van der Waals surface area contributed by atoms with Crippen LogP contribution in [0, 0.1) is 13.8 Å². The monoisotopic (exact) mass is 299 g/mol. The molecule has 3 rings (SSSR count). The number of hydrogen-bond acceptors (Lipinski definition) is 5. The Bertz CT molecular complexity index is 862. The van der Waals surface area contributed by atoms with Crippen LogP contribution < -0.4 is 0 Å². The number of aromatic nitrogens is 5. The van der Waals surface area contributed by atoms with Crippen LogP contribution in [-0.4, -0.2) is 37.5 Å². The normalized spacial score (nSPS) is 11.1. The SMILES string of the molecule is CCn1nc(C)c(-c2cc(C(=O)OC)n3nccc3n2)c1C. The fourth-order valence-electron chi connectivity index (χ4n) is 2.67. The number of rotatable bonds is 3. The molecule has 7 nitrogen and oxygen atoms in total. The summed E-state index contributed by atoms with van der Waals surface area (Å²) in [4.78, 5) is 16.6. The molecule has 0 amide bonds. The third-order valence-electron chi connectivity index (χ3n) is 3.69. The van der Waals surface area contributed by atoms with Crippen LogP contribution >= 0.6 is 0 Å². The number of aryl methyl sites for hydroxylation is 2. The first-order valence-corrected chi connectivity index (χ1v) is 7.04. The van der Waals surface area contributed by atoms with Gasteiger partial charge >= 0.3 is 5.97 Å². The molecular formula is C15H17N5O2. The quantitative estimate of drug-likeness (QED) is 0.692. The number of carbonyl (C=O) groups is 1. The van der Waals surface area contributed by atoms with E-state index in [0.29, 0.717) is 17.0 Å². The van der Waals surface area contributed by atoms with Crippen LogP contribution in [0.2, 0.25) is 0 Å². The van der Waals surface area contributed by atoms with Crippen LogP contribution in [-0.2, 0) is 11.3 Å². The smallest absolute Gasteiger partial charge is 0.356 e. The minimum Gasteiger partial charge on any atom is -0.464 e. The highest BCUT2D eigenvalue weighted by Gasteiger charge is 2.19. The lowest BCUT2D eigenvalue weighted by Crippen LogP contribution is -2.10. The summed E-state index contributed by atoms with van der Waals surface area (Å²) in [6.45, 7) is 6.76. The lowest BCUT2D eigenvalue weighted by atomic mass is 10.1. The van der Waals surface area contributed by atoms with Crippen molar-refractivity contribution in [3.8, 4) is 11.3 Å². The van der Waals surface area contributed by atoms with Gasteiger partial charge in [0.2, 0.25) is 0 Å². The summed E-state index contributed by atoms with van der Waals surface area (Å²) in [6, 6.07) is 3.45. The number of ether oxygens (including phenoxy) is 1. The zero-order valence-electron chi connectivity index (χ0n) is 13.0. The summed E-state index contributed by atoms with van der Waals surface area (Å²) in [5.74, 6) is -0.449. The highest BCUT2D eigenvalue weighted by atomic mass is 16.5. The predicted molar refractivity (Wildman–Crippen MR) is 80.7 cm³/mol. The number of carbonyl (C=O) groups excluding carboxylic acids is 1. The molecule has 0 aliphatic rings. The molecule has 3 aromatic rings. The summed E-state index contributed by atoms with van der Waals surface area (Å²) in [5, 5.41) is 8.63. The van der Waals surface area contributed by atoms with Gasteiger partial charge < -0.3 is 4.74 Å². The third-order valence-corrected chi connectivity index (χ3v) is 3.69. The van der Waals surface area contributed by atoms with Gasteiger partial charge in [0.15, 0.2) is 11.3 Å². The van der Waals surface area contributed by atoms with Gasteiger partial charge in [-0.1, -0.05) is 0 Å². The Morgan fingerprint density at radius 3 is 2.77 bits per heavy atom. The summed E-state index contributed by atoms with van der Waals surface area (Å²) in [5.41, 5.74) is 4.48. The average molecular weight is 299 g/mol. The Morgan fingerprint density at radius 2 is 2.14 bits per heavy atom. The van der Waals surface area contributed by atoms with Gasteiger partial charge in [0.1, 0.15) is 0 Å². The number of hydrogen-bond donors (Lipinski definition) is 0. The predicted octanol–water partition coefficient (Wildman–Crippen LogP) is 2.02. The number of esters is 1. The molecule has 114 valence electrons. The topological polar surface area (TPSA) is 74.3 Å². The molecule has 22 heavy (non-hydrogen) atoms. The average Bonchev–Trinajstić information content (AvgIpc) is 3.09. The minimum absolute atomic E-state index is 0.343. The maximum absolute atomic E-state index is 12.0. The van der Waals surface area contributed by atoms with Crippen LogP contribution in [0.15, 0.2) is 18.3 Å². The Balaban J connectivity index is 2.28. The van der Waals surface area contributed by atoms with Crippen LogP contribution in [0.25, 0.3) is 16.9 Å². The zero-order chi connectivity index (χ0) is 15.9. The standard InChI is InChI=1S/C15H17N5O2/c1-5-19-10(3)14(9(2)18-19)11-8-12(15(21)22-4)20-13(17-11)6-7-16-20/h6-8H,5H2,1-4H3. The van der Waals surface area contributed by atoms with Crippen LogP contribution in [0.3, 0.4) is 0 Å². The van der Waals surface area contributed by atoms with Gasteiger partial charge in [-0.3, -0.25) is 4.68 Å². The molecule has 0 fully saturated rings. The third kappa shape index (κ3) is 2.05. The molecule has 0 spiro atoms. The molecule has 0 aromatic carbocycles. The van der Waals surface area contributed by atoms with Gasteiger partial charge in [0, 0.05) is 23.9 Å². The maximum Gasteiger partial charge on any atom is 0.356 e. The van der Waals surface area contributed by atoms with E-state index in [2.05, 4.69) is 15.2 Å². The molecule has 3 aromatic heterocycles. The lowest BCUT2D eigenvalue weighted by molar-refractivity contribution is 0.0590. The fourth-order valence-corrected chi connectivity index (χ4v) is 2.67. The van der Waals surface area contributed by atoms with E-state index < -0.39 is 5.97 Å². The van der Waals surface area contributed by atoms with E-state index in [1.165, 1.54) is 11.6 Å². The van der Waals surface area contributed by atoms with E-state index >= 15 is 0 Å². The largest absolute Gasteiger partial charge is 0.464 e. The van der Waals surface area contributed by atoms with Gasteiger partial charge in [-0.25, -0.2) is 14.3 Å². The fraction of sp³-hybridized carbons (Fsp3) is 0.333. The summed E-state index contributed by atoms with van der Waals surface area (Å²) in [7, 11) is 1.35. The molecule has 0 atom stereocenters. The second-order valence-electron chi connectivity index (χ2n) is 4.98. The molecule has 0 unspecified atom stereocenters. The second-order valence-corrected chi connectivity index (χ2v) is 4.98. The summed E-state index contributed by atoms with van der Waals surface area (Å²) < 4.78 is 8.24. The van der Waals surface area contributed by atoms with Gasteiger partial charge in [-0.2, -0.15) is 10.2 Å². The van der Waals surface area contributed by atoms with E-state index in [9.17, 15) is 4.79 Å². The van der Waals surface area contributed by atoms with E-state index in [1.807, 2.05) is 25.5 Å². The molecule has 0 bridgehead atoms. The molecule has 7 heteroatoms. The van der Waals surface area contributed by atoms with Crippen molar-refractivity contribution >= 4 is 11.6 Å². The minimum atomic E-state index is -0.449. The highest BCUT2D eigenvalue weighted by Crippen LogP contribution is 2.27. The molecular weight excluding hydrogens is 282 g/mol. The van der Waals surface area contributed by atoms with Crippen molar-refractivity contribution < 1.29 is 9.53 Å². The van der Waals surface area contributed by atoms with E-state index in [1.54, 1.807) is 18.3 Å². The van der Waals surface area contributed by atoms with Crippen molar-refractivity contribution in [2.45, 2.75) is 27.3 Å². The molecule has 0 aliphatic heterocycles. The molecule has 0 N–H and O–H groups in total. The van der Waals surface area contributed by atoms with Gasteiger partial charge in [-0.05, 0) is 26.8 Å². The Hall–Kier alpha value is -2.70. The number of nitrogens with zero attached hydrogens (tertiary/aromatic N) is 5. The van der Waals surface area contributed by atoms with Gasteiger partial charge in [-0.15, -0.1) is 0 Å². The second kappa shape index (κ2) is 5.25. The van der Waals surface area contributed by atoms with E-state index in [-0.39, 0.29) is 0 Å². The number of methoxy groups -OCH3 is 1. The van der Waals surface area contributed by atoms with Crippen LogP contribution in [0.4, 0.5) is 0 Å². The molecule has 0 aliphatic carbocycles. The highest BCUT2D eigenvalue weighted by molar-refractivity contribution is 5.89.